The minimum Gasteiger partial charge on any atom is -0.507 e. The van der Waals surface area contributed by atoms with Crippen LogP contribution in [0.25, 0.3) is 21.8 Å². The highest BCUT2D eigenvalue weighted by atomic mass is 16.3. The first-order valence-electron chi connectivity index (χ1n) is 10.8. The molecule has 0 radical (unpaired) electrons. The number of nitrogens with zero attached hydrogens (tertiary/aromatic N) is 4. The summed E-state index contributed by atoms with van der Waals surface area (Å²) < 4.78 is 0. The molecular formula is C27H22N6O. The van der Waals surface area contributed by atoms with Crippen LogP contribution in [0.3, 0.4) is 0 Å². The average Bonchev–Trinajstić information content (AvgIpc) is 2.87. The Morgan fingerprint density at radius 3 is 1.91 bits per heavy atom. The first-order valence-corrected chi connectivity index (χ1v) is 10.8. The summed E-state index contributed by atoms with van der Waals surface area (Å²) in [5.74, 6) is 0.171. The van der Waals surface area contributed by atoms with Crippen LogP contribution in [0.15, 0.2) is 95.4 Å². The number of aromatic hydroxyl groups is 1. The number of hydrogen-bond donors (Lipinski definition) is 3. The maximum Gasteiger partial charge on any atom is 0.127 e. The maximum atomic E-state index is 10.5. The van der Waals surface area contributed by atoms with E-state index in [2.05, 4.69) is 31.0 Å². The molecule has 0 amide bonds. The number of anilines is 2. The van der Waals surface area contributed by atoms with Crippen molar-refractivity contribution in [1.29, 1.82) is 0 Å². The van der Waals surface area contributed by atoms with Crippen molar-refractivity contribution in [2.24, 2.45) is 10.2 Å². The van der Waals surface area contributed by atoms with E-state index in [-0.39, 0.29) is 5.75 Å². The van der Waals surface area contributed by atoms with Gasteiger partial charge < -0.3 is 5.11 Å². The van der Waals surface area contributed by atoms with E-state index < -0.39 is 0 Å². The predicted molar refractivity (Wildman–Crippen MR) is 139 cm³/mol. The Labute approximate surface area is 196 Å². The van der Waals surface area contributed by atoms with Gasteiger partial charge >= 0.3 is 0 Å². The first kappa shape index (κ1) is 21.1. The highest BCUT2D eigenvalue weighted by Gasteiger charge is 2.06. The zero-order chi connectivity index (χ0) is 23.3. The van der Waals surface area contributed by atoms with Gasteiger partial charge in [0.05, 0.1) is 34.8 Å². The molecule has 7 nitrogen and oxygen atoms in total. The molecule has 3 aromatic carbocycles. The molecule has 0 fully saturated rings. The summed E-state index contributed by atoms with van der Waals surface area (Å²) in [7, 11) is 0. The summed E-state index contributed by atoms with van der Waals surface area (Å²) in [6.07, 6.45) is 6.79. The Kier molecular flexibility index (Phi) is 5.82. The van der Waals surface area contributed by atoms with E-state index in [0.717, 1.165) is 44.3 Å². The summed E-state index contributed by atoms with van der Waals surface area (Å²) in [6.45, 7) is 1.84. The van der Waals surface area contributed by atoms with Crippen molar-refractivity contribution in [3.63, 3.8) is 0 Å². The van der Waals surface area contributed by atoms with Crippen molar-refractivity contribution in [3.8, 4) is 5.75 Å². The smallest absolute Gasteiger partial charge is 0.127 e. The van der Waals surface area contributed by atoms with Gasteiger partial charge in [-0.15, -0.1) is 0 Å². The zero-order valence-electron chi connectivity index (χ0n) is 18.5. The van der Waals surface area contributed by atoms with Crippen molar-refractivity contribution in [3.05, 3.63) is 102 Å². The topological polar surface area (TPSA) is 94.8 Å². The number of nitrogens with one attached hydrogen (secondary N) is 2. The van der Waals surface area contributed by atoms with Crippen LogP contribution in [0.5, 0.6) is 5.75 Å². The number of aromatic nitrogens is 2. The van der Waals surface area contributed by atoms with E-state index in [1.807, 2.05) is 79.7 Å². The molecule has 0 bridgehead atoms. The van der Waals surface area contributed by atoms with Gasteiger partial charge in [0.2, 0.25) is 0 Å². The molecule has 34 heavy (non-hydrogen) atoms. The molecule has 0 spiro atoms. The first-order chi connectivity index (χ1) is 16.7. The third kappa shape index (κ3) is 4.40. The minimum atomic E-state index is 0.171. The van der Waals surface area contributed by atoms with E-state index >= 15 is 0 Å². The molecule has 7 heteroatoms. The second-order valence-corrected chi connectivity index (χ2v) is 7.78. The van der Waals surface area contributed by atoms with Gasteiger partial charge in [-0.2, -0.15) is 10.2 Å². The monoisotopic (exact) mass is 446 g/mol. The van der Waals surface area contributed by atoms with Crippen LogP contribution >= 0.6 is 0 Å². The van der Waals surface area contributed by atoms with Crippen molar-refractivity contribution in [2.75, 3.05) is 10.9 Å². The molecule has 2 aromatic heterocycles. The number of para-hydroxylation sites is 2. The average molecular weight is 447 g/mol. The molecule has 0 unspecified atom stereocenters. The Hall–Kier alpha value is -4.78. The fraction of sp³-hybridized carbons (Fsp3) is 0.0370. The Morgan fingerprint density at radius 2 is 1.29 bits per heavy atom. The standard InChI is InChI=1S/C27H22N6O/c1-18-14-19(16-30-32-23-10-2-6-20-8-4-12-28-25(20)23)15-22(27(18)34)17-31-33-24-11-3-7-21-9-5-13-29-26(21)24/h2-17,32-34H,1H3/b30-16?,31-17+. The van der Waals surface area contributed by atoms with Crippen molar-refractivity contribution < 1.29 is 5.11 Å². The molecule has 5 aromatic rings. The summed E-state index contributed by atoms with van der Waals surface area (Å²) >= 11 is 0. The van der Waals surface area contributed by atoms with Gasteiger partial charge in [-0.3, -0.25) is 20.8 Å². The molecule has 0 atom stereocenters. The Bertz CT molecular complexity index is 1530. The van der Waals surface area contributed by atoms with Crippen LogP contribution in [0, 0.1) is 6.92 Å². The van der Waals surface area contributed by atoms with Gasteiger partial charge in [0.1, 0.15) is 5.75 Å². The molecule has 0 aliphatic carbocycles. The fourth-order valence-corrected chi connectivity index (χ4v) is 3.75. The number of fused-ring (bicyclic) bond motifs is 2. The van der Waals surface area contributed by atoms with Crippen LogP contribution in [-0.4, -0.2) is 27.5 Å². The molecule has 3 N–H and O–H groups in total. The summed E-state index contributed by atoms with van der Waals surface area (Å²) in [5, 5.41) is 21.3. The molecule has 2 heterocycles. The number of hydrazone groups is 2. The number of benzene rings is 3. The van der Waals surface area contributed by atoms with Gasteiger partial charge in [0, 0.05) is 28.7 Å². The highest BCUT2D eigenvalue weighted by Crippen LogP contribution is 2.24. The number of rotatable bonds is 6. The minimum absolute atomic E-state index is 0.171. The van der Waals surface area contributed by atoms with Gasteiger partial charge in [-0.25, -0.2) is 0 Å². The van der Waals surface area contributed by atoms with E-state index in [1.165, 1.54) is 0 Å². The number of pyridine rings is 2. The normalized spacial score (nSPS) is 11.6. The van der Waals surface area contributed by atoms with Crippen LogP contribution in [0.2, 0.25) is 0 Å². The Morgan fingerprint density at radius 1 is 0.735 bits per heavy atom. The summed E-state index contributed by atoms with van der Waals surface area (Å²) in [5.41, 5.74) is 11.5. The van der Waals surface area contributed by atoms with Gasteiger partial charge in [0.15, 0.2) is 0 Å². The lowest BCUT2D eigenvalue weighted by atomic mass is 10.1. The molecule has 0 saturated heterocycles. The number of hydrogen-bond acceptors (Lipinski definition) is 7. The van der Waals surface area contributed by atoms with Crippen LogP contribution < -0.4 is 10.9 Å². The van der Waals surface area contributed by atoms with E-state index in [4.69, 9.17) is 0 Å². The third-order valence-corrected chi connectivity index (χ3v) is 5.40. The lowest BCUT2D eigenvalue weighted by Gasteiger charge is -2.07. The van der Waals surface area contributed by atoms with Crippen LogP contribution in [-0.2, 0) is 0 Å². The van der Waals surface area contributed by atoms with E-state index in [9.17, 15) is 5.11 Å². The van der Waals surface area contributed by atoms with E-state index in [1.54, 1.807) is 24.8 Å². The second kappa shape index (κ2) is 9.38. The van der Waals surface area contributed by atoms with Gasteiger partial charge in [0.25, 0.3) is 0 Å². The van der Waals surface area contributed by atoms with Crippen LogP contribution in [0.4, 0.5) is 11.4 Å². The van der Waals surface area contributed by atoms with E-state index in [0.29, 0.717) is 5.56 Å². The largest absolute Gasteiger partial charge is 0.507 e. The molecule has 0 saturated carbocycles. The lowest BCUT2D eigenvalue weighted by molar-refractivity contribution is 0.470. The van der Waals surface area contributed by atoms with Crippen molar-refractivity contribution in [2.45, 2.75) is 6.92 Å². The zero-order valence-corrected chi connectivity index (χ0v) is 18.5. The number of aryl methyl sites for hydroxylation is 1. The summed E-state index contributed by atoms with van der Waals surface area (Å²) in [6, 6.07) is 23.2. The van der Waals surface area contributed by atoms with Gasteiger partial charge in [-0.05, 0) is 54.4 Å². The highest BCUT2D eigenvalue weighted by molar-refractivity contribution is 5.93. The Balaban J connectivity index is 1.35. The third-order valence-electron chi connectivity index (χ3n) is 5.40. The quantitative estimate of drug-likeness (QED) is 0.230. The maximum absolute atomic E-state index is 10.5. The lowest BCUT2D eigenvalue weighted by Crippen LogP contribution is -1.97. The van der Waals surface area contributed by atoms with Gasteiger partial charge in [-0.1, -0.05) is 36.4 Å². The molecule has 5 rings (SSSR count). The SMILES string of the molecule is Cc1cc(C=NNc2cccc3cccnc23)cc(/C=N/Nc2cccc3cccnc23)c1O. The molecular weight excluding hydrogens is 424 g/mol. The summed E-state index contributed by atoms with van der Waals surface area (Å²) in [4.78, 5) is 8.84. The van der Waals surface area contributed by atoms with Crippen molar-refractivity contribution in [1.82, 2.24) is 9.97 Å². The fourth-order valence-electron chi connectivity index (χ4n) is 3.75. The number of phenolic OH excluding ortho intramolecular Hbond substituents is 1. The van der Waals surface area contributed by atoms with Crippen molar-refractivity contribution >= 4 is 45.6 Å². The number of phenols is 1. The molecule has 0 aliphatic heterocycles. The predicted octanol–water partition coefficient (Wildman–Crippen LogP) is 5.69. The van der Waals surface area contributed by atoms with Crippen LogP contribution in [0.1, 0.15) is 16.7 Å². The second-order valence-electron chi connectivity index (χ2n) is 7.78. The molecule has 166 valence electrons. The molecule has 0 aliphatic rings.